The van der Waals surface area contributed by atoms with E-state index in [0.29, 0.717) is 25.1 Å². The first kappa shape index (κ1) is 22.6. The Morgan fingerprint density at radius 1 is 1.10 bits per heavy atom. The normalized spacial score (nSPS) is 23.2. The van der Waals surface area contributed by atoms with Crippen molar-refractivity contribution in [2.45, 2.75) is 18.4 Å². The van der Waals surface area contributed by atoms with Crippen molar-refractivity contribution < 1.29 is 9.90 Å². The Morgan fingerprint density at radius 3 is 2.67 bits per heavy atom. The van der Waals surface area contributed by atoms with Gasteiger partial charge in [0.1, 0.15) is 0 Å². The lowest BCUT2D eigenvalue weighted by molar-refractivity contribution is -0.0817. The summed E-state index contributed by atoms with van der Waals surface area (Å²) in [6, 6.07) is 13.9. The van der Waals surface area contributed by atoms with Gasteiger partial charge in [-0.05, 0) is 54.8 Å². The lowest BCUT2D eigenvalue weighted by Crippen LogP contribution is -2.59. The molecule has 30 heavy (non-hydrogen) atoms. The van der Waals surface area contributed by atoms with Crippen LogP contribution in [-0.4, -0.2) is 57.7 Å². The molecule has 8 heteroatoms. The number of halogens is 2. The van der Waals surface area contributed by atoms with E-state index < -0.39 is 5.60 Å². The van der Waals surface area contributed by atoms with Crippen molar-refractivity contribution in [3.05, 3.63) is 54.4 Å². The summed E-state index contributed by atoms with van der Waals surface area (Å²) in [7, 11) is 0. The number of benzene rings is 2. The van der Waals surface area contributed by atoms with Crippen LogP contribution in [0.3, 0.4) is 0 Å². The molecule has 6 nitrogen and oxygen atoms in total. The van der Waals surface area contributed by atoms with Crippen LogP contribution >= 0.6 is 24.8 Å². The van der Waals surface area contributed by atoms with Gasteiger partial charge in [0, 0.05) is 31.1 Å². The summed E-state index contributed by atoms with van der Waals surface area (Å²) in [6.45, 7) is 2.85. The first-order valence-electron chi connectivity index (χ1n) is 9.88. The number of amides is 1. The van der Waals surface area contributed by atoms with Gasteiger partial charge in [0.25, 0.3) is 5.91 Å². The van der Waals surface area contributed by atoms with Gasteiger partial charge < -0.3 is 20.3 Å². The second-order valence-corrected chi connectivity index (χ2v) is 7.97. The molecule has 5 rings (SSSR count). The van der Waals surface area contributed by atoms with E-state index in [1.165, 1.54) is 0 Å². The third-order valence-corrected chi connectivity index (χ3v) is 6.31. The maximum atomic E-state index is 13.0. The van der Waals surface area contributed by atoms with Crippen molar-refractivity contribution in [1.82, 2.24) is 20.2 Å². The van der Waals surface area contributed by atoms with E-state index in [9.17, 15) is 9.90 Å². The van der Waals surface area contributed by atoms with Crippen molar-refractivity contribution in [1.29, 1.82) is 0 Å². The highest BCUT2D eigenvalue weighted by Crippen LogP contribution is 2.33. The molecule has 0 aliphatic carbocycles. The zero-order chi connectivity index (χ0) is 19.1. The van der Waals surface area contributed by atoms with E-state index in [2.05, 4.69) is 21.4 Å². The van der Waals surface area contributed by atoms with Gasteiger partial charge in [0.15, 0.2) is 0 Å². The molecule has 0 saturated carbocycles. The maximum absolute atomic E-state index is 13.0. The molecule has 2 aliphatic heterocycles. The van der Waals surface area contributed by atoms with Gasteiger partial charge in [0.05, 0.1) is 23.0 Å². The number of piperidine rings is 2. The number of aromatic amines is 1. The number of fused-ring (bicyclic) bond motifs is 2. The predicted molar refractivity (Wildman–Crippen MR) is 122 cm³/mol. The topological polar surface area (TPSA) is 81.2 Å². The summed E-state index contributed by atoms with van der Waals surface area (Å²) in [5.41, 5.74) is 4.18. The number of aliphatic hydroxyl groups is 1. The third kappa shape index (κ3) is 4.05. The molecule has 1 aromatic heterocycles. The van der Waals surface area contributed by atoms with Gasteiger partial charge in [-0.2, -0.15) is 0 Å². The number of imidazole rings is 1. The third-order valence-electron chi connectivity index (χ3n) is 6.31. The highest BCUT2D eigenvalue weighted by Gasteiger charge is 2.43. The minimum Gasteiger partial charge on any atom is -0.389 e. The average Bonchev–Trinajstić information content (AvgIpc) is 3.20. The van der Waals surface area contributed by atoms with Crippen LogP contribution in [0, 0.1) is 5.92 Å². The van der Waals surface area contributed by atoms with Gasteiger partial charge in [-0.1, -0.05) is 18.2 Å². The number of H-pyrrole nitrogens is 1. The van der Waals surface area contributed by atoms with E-state index >= 15 is 0 Å². The molecule has 0 radical (unpaired) electrons. The second-order valence-electron chi connectivity index (χ2n) is 7.97. The maximum Gasteiger partial charge on any atom is 0.253 e. The van der Waals surface area contributed by atoms with Crippen molar-refractivity contribution >= 4 is 41.8 Å². The van der Waals surface area contributed by atoms with Crippen LogP contribution in [0.15, 0.2) is 48.8 Å². The van der Waals surface area contributed by atoms with Crippen LogP contribution < -0.4 is 5.32 Å². The SMILES string of the molecule is Cl.Cl.O=C(c1ccc(-c2ccc3nc[nH]c3c2)cc1)N1CC[C@@]2(O)CCNC[C@H]2C1. The Kier molecular flexibility index (Phi) is 6.72. The number of rotatable bonds is 2. The monoisotopic (exact) mass is 448 g/mol. The minimum atomic E-state index is -0.614. The molecule has 2 fully saturated rings. The molecular weight excluding hydrogens is 423 g/mol. The van der Waals surface area contributed by atoms with Crippen LogP contribution in [0.1, 0.15) is 23.2 Å². The molecule has 3 heterocycles. The van der Waals surface area contributed by atoms with E-state index in [0.717, 1.165) is 41.7 Å². The number of nitrogens with one attached hydrogen (secondary N) is 2. The van der Waals surface area contributed by atoms with E-state index in [1.54, 1.807) is 6.33 Å². The minimum absolute atomic E-state index is 0. The van der Waals surface area contributed by atoms with Crippen molar-refractivity contribution in [3.8, 4) is 11.1 Å². The van der Waals surface area contributed by atoms with Gasteiger partial charge in [0.2, 0.25) is 0 Å². The predicted octanol–water partition coefficient (Wildman–Crippen LogP) is 3.26. The molecule has 2 aromatic carbocycles. The summed E-state index contributed by atoms with van der Waals surface area (Å²) >= 11 is 0. The molecule has 2 atom stereocenters. The molecule has 2 aliphatic rings. The zero-order valence-corrected chi connectivity index (χ0v) is 18.1. The molecule has 160 valence electrons. The fourth-order valence-corrected chi connectivity index (χ4v) is 4.51. The molecule has 2 saturated heterocycles. The molecule has 3 N–H and O–H groups in total. The quantitative estimate of drug-likeness (QED) is 0.561. The summed E-state index contributed by atoms with van der Waals surface area (Å²) < 4.78 is 0. The van der Waals surface area contributed by atoms with Crippen molar-refractivity contribution in [2.24, 2.45) is 5.92 Å². The summed E-state index contributed by atoms with van der Waals surface area (Å²) in [5, 5.41) is 14.1. The van der Waals surface area contributed by atoms with E-state index in [4.69, 9.17) is 0 Å². The molecule has 0 bridgehead atoms. The number of carbonyl (C=O) groups is 1. The number of aromatic nitrogens is 2. The average molecular weight is 449 g/mol. The Hall–Kier alpha value is -2.12. The highest BCUT2D eigenvalue weighted by molar-refractivity contribution is 5.95. The van der Waals surface area contributed by atoms with Gasteiger partial charge in [-0.15, -0.1) is 24.8 Å². The van der Waals surface area contributed by atoms with Crippen LogP contribution in [-0.2, 0) is 0 Å². The van der Waals surface area contributed by atoms with E-state index in [1.807, 2.05) is 41.3 Å². The molecule has 3 aromatic rings. The number of likely N-dealkylation sites (tertiary alicyclic amines) is 1. The fourth-order valence-electron chi connectivity index (χ4n) is 4.51. The van der Waals surface area contributed by atoms with Gasteiger partial charge >= 0.3 is 0 Å². The number of nitrogens with zero attached hydrogens (tertiary/aromatic N) is 2. The number of hydrogen-bond acceptors (Lipinski definition) is 4. The van der Waals surface area contributed by atoms with Crippen molar-refractivity contribution in [2.75, 3.05) is 26.2 Å². The zero-order valence-electron chi connectivity index (χ0n) is 16.5. The summed E-state index contributed by atoms with van der Waals surface area (Å²) in [4.78, 5) is 22.2. The Bertz CT molecular complexity index is 1020. The van der Waals surface area contributed by atoms with Crippen LogP contribution in [0.2, 0.25) is 0 Å². The standard InChI is InChI=1S/C22H24N4O2.2ClH/c27-21(26-10-8-22(28)7-9-23-12-18(22)13-26)16-3-1-15(2-4-16)17-5-6-19-20(11-17)25-14-24-19;;/h1-6,11,14,18,23,28H,7-10,12-13H2,(H,24,25);2*1H/t18-,22-;;/m0../s1. The summed E-state index contributed by atoms with van der Waals surface area (Å²) in [6.07, 6.45) is 3.13. The Morgan fingerprint density at radius 2 is 1.87 bits per heavy atom. The van der Waals surface area contributed by atoms with Crippen molar-refractivity contribution in [3.63, 3.8) is 0 Å². The smallest absolute Gasteiger partial charge is 0.253 e. The molecule has 0 unspecified atom stereocenters. The largest absolute Gasteiger partial charge is 0.389 e. The first-order chi connectivity index (χ1) is 13.6. The molecular formula is C22H26Cl2N4O2. The van der Waals surface area contributed by atoms with Gasteiger partial charge in [-0.3, -0.25) is 4.79 Å². The van der Waals surface area contributed by atoms with E-state index in [-0.39, 0.29) is 36.6 Å². The number of hydrogen-bond donors (Lipinski definition) is 3. The van der Waals surface area contributed by atoms with Gasteiger partial charge in [-0.25, -0.2) is 4.98 Å². The van der Waals surface area contributed by atoms with Crippen LogP contribution in [0.5, 0.6) is 0 Å². The fraction of sp³-hybridized carbons (Fsp3) is 0.364. The number of carbonyl (C=O) groups excluding carboxylic acids is 1. The second kappa shape index (κ2) is 8.94. The summed E-state index contributed by atoms with van der Waals surface area (Å²) in [5.74, 6) is 0.155. The molecule has 0 spiro atoms. The Balaban J connectivity index is 0.00000128. The lowest BCUT2D eigenvalue weighted by atomic mass is 9.76. The molecule has 1 amide bonds. The van der Waals surface area contributed by atoms with Crippen LogP contribution in [0.4, 0.5) is 0 Å². The first-order valence-corrected chi connectivity index (χ1v) is 9.88. The lowest BCUT2D eigenvalue weighted by Gasteiger charge is -2.47. The van der Waals surface area contributed by atoms with Crippen LogP contribution in [0.25, 0.3) is 22.2 Å². The highest BCUT2D eigenvalue weighted by atomic mass is 35.5. The Labute approximate surface area is 187 Å².